The van der Waals surface area contributed by atoms with Crippen molar-refractivity contribution < 1.29 is 14.3 Å². The molecule has 1 heterocycles. The zero-order valence-electron chi connectivity index (χ0n) is 18.9. The second kappa shape index (κ2) is 10.1. The predicted molar refractivity (Wildman–Crippen MR) is 132 cm³/mol. The standard InChI is InChI=1S/C26H29ClFN3O2/c1-15(32)21-14-30-24-7-6-17(18-12-22(27)26(33)23(28)13-18)11-20(24)25(21)31-19-5-3-4-16(10-19)8-9-29-2/h6-7,11-14,16,19,29,33H,3-5,8-10H2,1-2H3,(H,30,31)/t16-,19+/m1/s1. The minimum Gasteiger partial charge on any atom is -0.504 e. The third-order valence-corrected chi connectivity index (χ3v) is 6.82. The maximum absolute atomic E-state index is 14.1. The molecule has 5 nitrogen and oxygen atoms in total. The number of halogens is 2. The average Bonchev–Trinajstić information content (AvgIpc) is 2.81. The summed E-state index contributed by atoms with van der Waals surface area (Å²) >= 11 is 6.00. The lowest BCUT2D eigenvalue weighted by Crippen LogP contribution is -2.29. The van der Waals surface area contributed by atoms with Gasteiger partial charge in [-0.15, -0.1) is 0 Å². The van der Waals surface area contributed by atoms with Gasteiger partial charge in [-0.3, -0.25) is 9.78 Å². The summed E-state index contributed by atoms with van der Waals surface area (Å²) < 4.78 is 14.1. The highest BCUT2D eigenvalue weighted by atomic mass is 35.5. The number of carbonyl (C=O) groups excluding carboxylic acids is 1. The van der Waals surface area contributed by atoms with Gasteiger partial charge in [-0.25, -0.2) is 4.39 Å². The van der Waals surface area contributed by atoms with Crippen molar-refractivity contribution in [2.75, 3.05) is 18.9 Å². The Kier molecular flexibility index (Phi) is 7.15. The van der Waals surface area contributed by atoms with Gasteiger partial charge in [-0.05, 0) is 81.1 Å². The van der Waals surface area contributed by atoms with E-state index in [9.17, 15) is 14.3 Å². The maximum Gasteiger partial charge on any atom is 0.170 e. The van der Waals surface area contributed by atoms with Gasteiger partial charge in [0.05, 0.1) is 21.8 Å². The van der Waals surface area contributed by atoms with Crippen molar-refractivity contribution >= 4 is 34.0 Å². The van der Waals surface area contributed by atoms with Crippen LogP contribution in [0, 0.1) is 11.7 Å². The van der Waals surface area contributed by atoms with Crippen LogP contribution >= 0.6 is 11.6 Å². The van der Waals surface area contributed by atoms with E-state index in [4.69, 9.17) is 11.6 Å². The molecule has 2 aromatic carbocycles. The number of phenolic OH excluding ortho intramolecular Hbond substituents is 1. The molecule has 7 heteroatoms. The van der Waals surface area contributed by atoms with Crippen LogP contribution < -0.4 is 10.6 Å². The van der Waals surface area contributed by atoms with Crippen molar-refractivity contribution in [1.29, 1.82) is 0 Å². The molecule has 1 fully saturated rings. The van der Waals surface area contributed by atoms with Crippen LogP contribution in [0.25, 0.3) is 22.0 Å². The number of nitrogens with one attached hydrogen (secondary N) is 2. The highest BCUT2D eigenvalue weighted by molar-refractivity contribution is 6.32. The summed E-state index contributed by atoms with van der Waals surface area (Å²) in [5, 5.41) is 17.3. The number of pyridine rings is 1. The van der Waals surface area contributed by atoms with Crippen LogP contribution in [-0.4, -0.2) is 35.5 Å². The van der Waals surface area contributed by atoms with Gasteiger partial charge in [0, 0.05) is 17.6 Å². The Morgan fingerprint density at radius 3 is 2.79 bits per heavy atom. The molecule has 3 N–H and O–H groups in total. The number of ketones is 1. The third kappa shape index (κ3) is 5.12. The number of benzene rings is 2. The molecule has 0 saturated heterocycles. The largest absolute Gasteiger partial charge is 0.504 e. The monoisotopic (exact) mass is 469 g/mol. The summed E-state index contributed by atoms with van der Waals surface area (Å²) in [5.74, 6) is -0.746. The van der Waals surface area contributed by atoms with Crippen LogP contribution in [0.3, 0.4) is 0 Å². The number of hydrogen-bond donors (Lipinski definition) is 3. The molecule has 0 radical (unpaired) electrons. The lowest BCUT2D eigenvalue weighted by atomic mass is 9.83. The Balaban J connectivity index is 1.74. The van der Waals surface area contributed by atoms with E-state index in [0.29, 0.717) is 17.0 Å². The van der Waals surface area contributed by atoms with Crippen molar-refractivity contribution in [3.63, 3.8) is 0 Å². The van der Waals surface area contributed by atoms with Gasteiger partial charge in [0.1, 0.15) is 0 Å². The molecule has 0 spiro atoms. The van der Waals surface area contributed by atoms with E-state index in [-0.39, 0.29) is 16.8 Å². The predicted octanol–water partition coefficient (Wildman–Crippen LogP) is 6.18. The van der Waals surface area contributed by atoms with Crippen LogP contribution in [0.1, 0.15) is 49.4 Å². The van der Waals surface area contributed by atoms with E-state index in [1.165, 1.54) is 18.6 Å². The molecule has 0 unspecified atom stereocenters. The molecule has 2 atom stereocenters. The smallest absolute Gasteiger partial charge is 0.170 e. The van der Waals surface area contributed by atoms with Crippen molar-refractivity contribution in [1.82, 2.24) is 10.3 Å². The van der Waals surface area contributed by atoms with Crippen molar-refractivity contribution in [2.45, 2.75) is 45.1 Å². The quantitative estimate of drug-likeness (QED) is 0.360. The first-order valence-corrected chi connectivity index (χ1v) is 11.8. The molecule has 1 aromatic heterocycles. The number of hydrogen-bond acceptors (Lipinski definition) is 5. The number of phenols is 1. The number of rotatable bonds is 7. The Morgan fingerprint density at radius 2 is 2.06 bits per heavy atom. The molecule has 174 valence electrons. The number of carbonyl (C=O) groups is 1. The van der Waals surface area contributed by atoms with E-state index < -0.39 is 11.6 Å². The molecular formula is C26H29ClFN3O2. The van der Waals surface area contributed by atoms with Crippen molar-refractivity contribution in [3.8, 4) is 16.9 Å². The zero-order valence-corrected chi connectivity index (χ0v) is 19.7. The van der Waals surface area contributed by atoms with Gasteiger partial charge < -0.3 is 15.7 Å². The van der Waals surface area contributed by atoms with Gasteiger partial charge in [0.15, 0.2) is 17.3 Å². The van der Waals surface area contributed by atoms with Crippen LogP contribution in [-0.2, 0) is 0 Å². The fourth-order valence-electron chi connectivity index (χ4n) is 4.76. The number of aromatic hydroxyl groups is 1. The second-order valence-corrected chi connectivity index (χ2v) is 9.30. The minimum absolute atomic E-state index is 0.0473. The summed E-state index contributed by atoms with van der Waals surface area (Å²) in [5.41, 5.74) is 3.34. The lowest BCUT2D eigenvalue weighted by Gasteiger charge is -2.31. The van der Waals surface area contributed by atoms with Crippen molar-refractivity contribution in [2.24, 2.45) is 5.92 Å². The molecule has 1 saturated carbocycles. The fourth-order valence-corrected chi connectivity index (χ4v) is 4.97. The SMILES string of the molecule is CNCC[C@H]1CCC[C@H](Nc2c(C(C)=O)cnc3ccc(-c4cc(F)c(O)c(Cl)c4)cc23)C1. The molecule has 0 amide bonds. The topological polar surface area (TPSA) is 74.2 Å². The van der Waals surface area contributed by atoms with E-state index in [0.717, 1.165) is 54.4 Å². The number of nitrogens with zero attached hydrogens (tertiary/aromatic N) is 1. The summed E-state index contributed by atoms with van der Waals surface area (Å²) in [4.78, 5) is 16.9. The van der Waals surface area contributed by atoms with Crippen LogP contribution in [0.15, 0.2) is 36.5 Å². The average molecular weight is 470 g/mol. The van der Waals surface area contributed by atoms with E-state index >= 15 is 0 Å². The first-order valence-electron chi connectivity index (χ1n) is 11.4. The van der Waals surface area contributed by atoms with Crippen LogP contribution in [0.2, 0.25) is 5.02 Å². The van der Waals surface area contributed by atoms with Crippen molar-refractivity contribution in [3.05, 3.63) is 52.9 Å². The summed E-state index contributed by atoms with van der Waals surface area (Å²) in [6.07, 6.45) is 7.26. The third-order valence-electron chi connectivity index (χ3n) is 6.53. The molecule has 33 heavy (non-hydrogen) atoms. The Labute approximate surface area is 198 Å². The number of aromatic nitrogens is 1. The number of anilines is 1. The summed E-state index contributed by atoms with van der Waals surface area (Å²) in [6, 6.07) is 8.65. The molecule has 0 aliphatic heterocycles. The number of Topliss-reactive ketones (excluding diaryl/α,β-unsaturated/α-hetero) is 1. The second-order valence-electron chi connectivity index (χ2n) is 8.89. The van der Waals surface area contributed by atoms with Gasteiger partial charge >= 0.3 is 0 Å². The maximum atomic E-state index is 14.1. The Hall–Kier alpha value is -2.70. The normalized spacial score (nSPS) is 18.4. The first-order chi connectivity index (χ1) is 15.9. The Morgan fingerprint density at radius 1 is 1.24 bits per heavy atom. The van der Waals surface area contributed by atoms with Gasteiger partial charge in [0.2, 0.25) is 0 Å². The highest BCUT2D eigenvalue weighted by Crippen LogP contribution is 2.37. The molecule has 4 rings (SSSR count). The molecule has 3 aromatic rings. The Bertz CT molecular complexity index is 1160. The number of fused-ring (bicyclic) bond motifs is 1. The van der Waals surface area contributed by atoms with E-state index in [2.05, 4.69) is 15.6 Å². The minimum atomic E-state index is -0.777. The summed E-state index contributed by atoms with van der Waals surface area (Å²) in [7, 11) is 1.98. The summed E-state index contributed by atoms with van der Waals surface area (Å²) in [6.45, 7) is 2.55. The highest BCUT2D eigenvalue weighted by Gasteiger charge is 2.24. The van der Waals surface area contributed by atoms with Crippen LogP contribution in [0.5, 0.6) is 5.75 Å². The van der Waals surface area contributed by atoms with E-state index in [1.54, 1.807) is 13.1 Å². The molecule has 1 aliphatic rings. The lowest BCUT2D eigenvalue weighted by molar-refractivity contribution is 0.101. The van der Waals surface area contributed by atoms with Crippen LogP contribution in [0.4, 0.5) is 10.1 Å². The molecular weight excluding hydrogens is 441 g/mol. The van der Waals surface area contributed by atoms with Gasteiger partial charge in [-0.2, -0.15) is 0 Å². The van der Waals surface area contributed by atoms with E-state index in [1.807, 2.05) is 25.2 Å². The van der Waals surface area contributed by atoms with Gasteiger partial charge in [0.25, 0.3) is 0 Å². The fraction of sp³-hybridized carbons (Fsp3) is 0.385. The molecule has 0 bridgehead atoms. The molecule has 1 aliphatic carbocycles. The van der Waals surface area contributed by atoms with Gasteiger partial charge in [-0.1, -0.05) is 30.5 Å². The first kappa shape index (κ1) is 23.5. The zero-order chi connectivity index (χ0) is 23.5.